The van der Waals surface area contributed by atoms with Crippen LogP contribution in [0.5, 0.6) is 0 Å². The van der Waals surface area contributed by atoms with Crippen molar-refractivity contribution < 1.29 is 13.2 Å². The van der Waals surface area contributed by atoms with E-state index in [-0.39, 0.29) is 0 Å². The van der Waals surface area contributed by atoms with Gasteiger partial charge in [-0.3, -0.25) is 4.79 Å². The number of benzene rings is 1. The zero-order valence-corrected chi connectivity index (χ0v) is 8.15. The summed E-state index contributed by atoms with van der Waals surface area (Å²) in [4.78, 5) is 9.76. The molecule has 0 unspecified atom stereocenters. The summed E-state index contributed by atoms with van der Waals surface area (Å²) in [6.07, 6.45) is 0. The first-order chi connectivity index (χ1) is 6.63. The Morgan fingerprint density at radius 3 is 1.57 bits per heavy atom. The molecule has 0 aliphatic rings. The van der Waals surface area contributed by atoms with Crippen molar-refractivity contribution in [1.82, 2.24) is 0 Å². The highest BCUT2D eigenvalue weighted by atomic mass is 32.2. The zero-order chi connectivity index (χ0) is 10.8. The van der Waals surface area contributed by atoms with E-state index in [4.69, 9.17) is 0 Å². The van der Waals surface area contributed by atoms with E-state index in [0.29, 0.717) is 0 Å². The van der Waals surface area contributed by atoms with Gasteiger partial charge in [0, 0.05) is 0 Å². The van der Waals surface area contributed by atoms with Gasteiger partial charge in [-0.15, -0.1) is 0 Å². The molecule has 0 saturated heterocycles. The Labute approximate surface area is 83.3 Å². The minimum Gasteiger partial charge on any atom is -0.368 e. The van der Waals surface area contributed by atoms with Gasteiger partial charge in [-0.05, 0) is 0 Å². The maximum Gasteiger partial charge on any atom is 0.311 e. The first kappa shape index (κ1) is 12.3. The minimum atomic E-state index is -2.51. The molecule has 6 heteroatoms. The second-order valence-electron chi connectivity index (χ2n) is 2.13. The van der Waals surface area contributed by atoms with Crippen molar-refractivity contribution >= 4 is 16.4 Å². The summed E-state index contributed by atoms with van der Waals surface area (Å²) in [5.41, 5.74) is 4.53. The SMILES string of the molecule is NC(=O)CN=S(=O)=O.c1ccccc1. The number of carbonyl (C=O) groups excluding carboxylic acids is 1. The largest absolute Gasteiger partial charge is 0.368 e. The Balaban J connectivity index is 0.000000249. The lowest BCUT2D eigenvalue weighted by Gasteiger charge is -1.75. The number of nitrogens with two attached hydrogens (primary N) is 1. The summed E-state index contributed by atoms with van der Waals surface area (Å²) in [5.74, 6) is -0.755. The molecule has 0 fully saturated rings. The molecule has 5 nitrogen and oxygen atoms in total. The van der Waals surface area contributed by atoms with E-state index < -0.39 is 23.0 Å². The molecule has 76 valence electrons. The molecule has 1 amide bonds. The predicted octanol–water partition coefficient (Wildman–Crippen LogP) is 0.221. The van der Waals surface area contributed by atoms with Gasteiger partial charge < -0.3 is 5.73 Å². The number of rotatable bonds is 2. The Kier molecular flexibility index (Phi) is 6.98. The van der Waals surface area contributed by atoms with Gasteiger partial charge in [0.05, 0.1) is 0 Å². The quantitative estimate of drug-likeness (QED) is 0.763. The third kappa shape index (κ3) is 10.3. The number of amides is 1. The fraction of sp³-hybridized carbons (Fsp3) is 0.125. The number of nitrogens with zero attached hydrogens (tertiary/aromatic N) is 1. The Morgan fingerprint density at radius 1 is 1.07 bits per heavy atom. The molecule has 2 N–H and O–H groups in total. The molecular formula is C8H10N2O3S. The average Bonchev–Trinajstić information content (AvgIpc) is 2.18. The number of hydrogen-bond donors (Lipinski definition) is 1. The van der Waals surface area contributed by atoms with E-state index in [1.165, 1.54) is 0 Å². The van der Waals surface area contributed by atoms with Crippen LogP contribution >= 0.6 is 0 Å². The highest BCUT2D eigenvalue weighted by Crippen LogP contribution is 1.79. The van der Waals surface area contributed by atoms with Crippen LogP contribution in [0, 0.1) is 0 Å². The van der Waals surface area contributed by atoms with Crippen molar-refractivity contribution in [1.29, 1.82) is 0 Å². The molecule has 0 heterocycles. The molecular weight excluding hydrogens is 204 g/mol. The zero-order valence-electron chi connectivity index (χ0n) is 7.33. The van der Waals surface area contributed by atoms with Gasteiger partial charge in [0.1, 0.15) is 6.54 Å². The van der Waals surface area contributed by atoms with Gasteiger partial charge >= 0.3 is 10.5 Å². The molecule has 1 rings (SSSR count). The predicted molar refractivity (Wildman–Crippen MR) is 51.9 cm³/mol. The van der Waals surface area contributed by atoms with Gasteiger partial charge in [-0.2, -0.15) is 12.8 Å². The van der Waals surface area contributed by atoms with E-state index in [1.54, 1.807) is 0 Å². The third-order valence-electron chi connectivity index (χ3n) is 0.992. The topological polar surface area (TPSA) is 89.6 Å². The summed E-state index contributed by atoms with van der Waals surface area (Å²) < 4.78 is 21.8. The highest BCUT2D eigenvalue weighted by Gasteiger charge is 1.86. The van der Waals surface area contributed by atoms with Crippen LogP contribution in [0.2, 0.25) is 0 Å². The molecule has 0 aliphatic heterocycles. The van der Waals surface area contributed by atoms with Gasteiger partial charge in [0.25, 0.3) is 0 Å². The lowest BCUT2D eigenvalue weighted by Crippen LogP contribution is -2.13. The van der Waals surface area contributed by atoms with Crippen LogP contribution in [0.1, 0.15) is 0 Å². The summed E-state index contributed by atoms with van der Waals surface area (Å²) in [5, 5.41) is 0. The molecule has 0 aromatic heterocycles. The van der Waals surface area contributed by atoms with Crippen LogP contribution in [0.3, 0.4) is 0 Å². The van der Waals surface area contributed by atoms with Crippen LogP contribution in [0.4, 0.5) is 0 Å². The van der Waals surface area contributed by atoms with Gasteiger partial charge in [-0.25, -0.2) is 0 Å². The smallest absolute Gasteiger partial charge is 0.311 e. The molecule has 0 radical (unpaired) electrons. The van der Waals surface area contributed by atoms with Crippen LogP contribution in [-0.4, -0.2) is 20.9 Å². The Hall–Kier alpha value is -1.69. The molecule has 0 aliphatic carbocycles. The van der Waals surface area contributed by atoms with Gasteiger partial charge in [-0.1, -0.05) is 36.4 Å². The van der Waals surface area contributed by atoms with Crippen LogP contribution in [-0.2, 0) is 15.3 Å². The lowest BCUT2D eigenvalue weighted by atomic mass is 10.4. The van der Waals surface area contributed by atoms with E-state index in [0.717, 1.165) is 0 Å². The Morgan fingerprint density at radius 2 is 1.43 bits per heavy atom. The monoisotopic (exact) mass is 214 g/mol. The van der Waals surface area contributed by atoms with Gasteiger partial charge in [0.2, 0.25) is 5.91 Å². The van der Waals surface area contributed by atoms with Crippen LogP contribution < -0.4 is 5.73 Å². The van der Waals surface area contributed by atoms with Crippen molar-refractivity contribution in [3.8, 4) is 0 Å². The summed E-state index contributed by atoms with van der Waals surface area (Å²) in [6.45, 7) is -0.462. The summed E-state index contributed by atoms with van der Waals surface area (Å²) in [7, 11) is -2.51. The third-order valence-corrected chi connectivity index (χ3v) is 1.33. The maximum absolute atomic E-state index is 9.76. The fourth-order valence-electron chi connectivity index (χ4n) is 0.501. The van der Waals surface area contributed by atoms with Crippen molar-refractivity contribution in [3.63, 3.8) is 0 Å². The molecule has 0 bridgehead atoms. The summed E-state index contributed by atoms with van der Waals surface area (Å²) in [6, 6.07) is 12.0. The van der Waals surface area contributed by atoms with Crippen molar-refractivity contribution in [2.45, 2.75) is 0 Å². The van der Waals surface area contributed by atoms with Gasteiger partial charge in [0.15, 0.2) is 0 Å². The average molecular weight is 214 g/mol. The normalized spacial score (nSPS) is 8.00. The number of carbonyl (C=O) groups is 1. The molecule has 0 atom stereocenters. The van der Waals surface area contributed by atoms with Crippen LogP contribution in [0.25, 0.3) is 0 Å². The fourth-order valence-corrected chi connectivity index (χ4v) is 0.734. The number of primary amides is 1. The molecule has 0 spiro atoms. The molecule has 1 aromatic carbocycles. The molecule has 0 saturated carbocycles. The van der Waals surface area contributed by atoms with E-state index in [1.807, 2.05) is 36.4 Å². The molecule has 1 aromatic rings. The van der Waals surface area contributed by atoms with Crippen LogP contribution in [0.15, 0.2) is 40.8 Å². The maximum atomic E-state index is 9.76. The highest BCUT2D eigenvalue weighted by molar-refractivity contribution is 7.61. The van der Waals surface area contributed by atoms with Crippen molar-refractivity contribution in [2.75, 3.05) is 6.54 Å². The Bertz CT molecular complexity index is 352. The first-order valence-corrected chi connectivity index (χ1v) is 4.71. The van der Waals surface area contributed by atoms with E-state index >= 15 is 0 Å². The van der Waals surface area contributed by atoms with E-state index in [9.17, 15) is 13.2 Å². The van der Waals surface area contributed by atoms with E-state index in [2.05, 4.69) is 10.1 Å². The second kappa shape index (κ2) is 7.93. The first-order valence-electron chi connectivity index (χ1n) is 3.68. The molecule has 14 heavy (non-hydrogen) atoms. The standard InChI is InChI=1S/C6H6.C2H4N2O3S/c1-2-4-6-5-3-1;3-2(5)1-4-8(6)7/h1-6H;1H2,(H2,3,5). The summed E-state index contributed by atoms with van der Waals surface area (Å²) >= 11 is 0. The lowest BCUT2D eigenvalue weighted by molar-refractivity contribution is -0.116. The van der Waals surface area contributed by atoms with Crippen molar-refractivity contribution in [3.05, 3.63) is 36.4 Å². The minimum absolute atomic E-state index is 0.462. The van der Waals surface area contributed by atoms with Crippen molar-refractivity contribution in [2.24, 2.45) is 10.1 Å². The second-order valence-corrected chi connectivity index (χ2v) is 2.82. The number of hydrogen-bond acceptors (Lipinski definition) is 4.